The van der Waals surface area contributed by atoms with Crippen LogP contribution in [-0.4, -0.2) is 46.1 Å². The predicted octanol–water partition coefficient (Wildman–Crippen LogP) is 4.19. The maximum absolute atomic E-state index is 11.7. The molecule has 1 aliphatic rings. The van der Waals surface area contributed by atoms with Crippen LogP contribution in [0.4, 0.5) is 0 Å². The molecule has 5 nitrogen and oxygen atoms in total. The highest BCUT2D eigenvalue weighted by Crippen LogP contribution is 2.30. The zero-order valence-corrected chi connectivity index (χ0v) is 19.1. The van der Waals surface area contributed by atoms with Crippen molar-refractivity contribution in [3.8, 4) is 11.8 Å². The molecular formula is C26H29N3O2S. The number of rotatable bonds is 11. The quantitative estimate of drug-likeness (QED) is 0.178. The first-order valence-electron chi connectivity index (χ1n) is 11.0. The number of aromatic nitrogens is 1. The molecule has 166 valence electrons. The van der Waals surface area contributed by atoms with E-state index in [0.717, 1.165) is 37.4 Å². The first-order chi connectivity index (χ1) is 15.7. The zero-order chi connectivity index (χ0) is 22.3. The number of amides is 1. The minimum atomic E-state index is -0.468. The van der Waals surface area contributed by atoms with Crippen molar-refractivity contribution in [3.63, 3.8) is 0 Å². The van der Waals surface area contributed by atoms with E-state index in [1.54, 1.807) is 5.48 Å². The smallest absolute Gasteiger partial charge is 0.260 e. The van der Waals surface area contributed by atoms with Crippen molar-refractivity contribution in [3.05, 3.63) is 71.4 Å². The molecule has 1 heterocycles. The molecule has 0 fully saturated rings. The Kier molecular flexibility index (Phi) is 7.54. The predicted molar refractivity (Wildman–Crippen MR) is 131 cm³/mol. The van der Waals surface area contributed by atoms with Crippen molar-refractivity contribution in [1.29, 1.82) is 0 Å². The minimum absolute atomic E-state index is 0.143. The van der Waals surface area contributed by atoms with Gasteiger partial charge in [0.2, 0.25) is 0 Å². The molecule has 3 aromatic rings. The Hall–Kier alpha value is -2.72. The fourth-order valence-corrected chi connectivity index (χ4v) is 4.64. The summed E-state index contributed by atoms with van der Waals surface area (Å²) in [7, 11) is 0. The average Bonchev–Trinajstić information content (AvgIpc) is 3.21. The van der Waals surface area contributed by atoms with Crippen LogP contribution in [0.5, 0.6) is 0 Å². The molecule has 1 aliphatic carbocycles. The van der Waals surface area contributed by atoms with Gasteiger partial charge in [0.1, 0.15) is 5.92 Å². The third-order valence-electron chi connectivity index (χ3n) is 6.06. The Balaban J connectivity index is 1.40. The second kappa shape index (κ2) is 10.7. The number of H-pyrrole nitrogens is 1. The molecule has 0 radical (unpaired) electrons. The Morgan fingerprint density at radius 1 is 1.16 bits per heavy atom. The summed E-state index contributed by atoms with van der Waals surface area (Å²) in [6.07, 6.45) is 6.47. The molecular weight excluding hydrogens is 418 g/mol. The summed E-state index contributed by atoms with van der Waals surface area (Å²) in [6, 6.07) is 16.9. The third kappa shape index (κ3) is 5.18. The van der Waals surface area contributed by atoms with Gasteiger partial charge in [-0.1, -0.05) is 54.3 Å². The lowest BCUT2D eigenvalue weighted by Gasteiger charge is -2.24. The lowest BCUT2D eigenvalue weighted by Crippen LogP contribution is -2.34. The van der Waals surface area contributed by atoms with E-state index >= 15 is 0 Å². The largest absolute Gasteiger partial charge is 0.361 e. The summed E-state index contributed by atoms with van der Waals surface area (Å²) in [5, 5.41) is 10.2. The zero-order valence-electron chi connectivity index (χ0n) is 18.3. The maximum Gasteiger partial charge on any atom is 0.260 e. The maximum atomic E-state index is 11.7. The van der Waals surface area contributed by atoms with E-state index in [1.165, 1.54) is 28.5 Å². The molecule has 2 aromatic carbocycles. The first-order valence-corrected chi connectivity index (χ1v) is 12.4. The van der Waals surface area contributed by atoms with Gasteiger partial charge in [0, 0.05) is 30.2 Å². The highest BCUT2D eigenvalue weighted by Gasteiger charge is 2.32. The molecule has 0 saturated carbocycles. The summed E-state index contributed by atoms with van der Waals surface area (Å²) in [4.78, 5) is 17.6. The van der Waals surface area contributed by atoms with E-state index in [4.69, 9.17) is 5.21 Å². The Labute approximate surface area is 193 Å². The molecule has 0 bridgehead atoms. The number of benzene rings is 2. The number of nitrogens with zero attached hydrogens (tertiary/aromatic N) is 1. The molecule has 1 aromatic heterocycles. The van der Waals surface area contributed by atoms with Gasteiger partial charge in [-0.25, -0.2) is 5.48 Å². The monoisotopic (exact) mass is 447 g/mol. The summed E-state index contributed by atoms with van der Waals surface area (Å²) < 4.78 is 0. The third-order valence-corrected chi connectivity index (χ3v) is 6.76. The summed E-state index contributed by atoms with van der Waals surface area (Å²) in [5.41, 5.74) is 6.55. The van der Waals surface area contributed by atoms with Gasteiger partial charge in [-0.2, -0.15) is 11.8 Å². The van der Waals surface area contributed by atoms with Crippen molar-refractivity contribution >= 4 is 28.6 Å². The van der Waals surface area contributed by atoms with E-state index in [1.807, 2.05) is 11.8 Å². The lowest BCUT2D eigenvalue weighted by atomic mass is 9.79. The topological polar surface area (TPSA) is 68.4 Å². The van der Waals surface area contributed by atoms with Crippen LogP contribution >= 0.6 is 11.8 Å². The van der Waals surface area contributed by atoms with Crippen molar-refractivity contribution < 1.29 is 10.0 Å². The van der Waals surface area contributed by atoms with Crippen LogP contribution in [0, 0.1) is 17.8 Å². The molecule has 32 heavy (non-hydrogen) atoms. The first kappa shape index (κ1) is 22.5. The van der Waals surface area contributed by atoms with Crippen LogP contribution in [0.3, 0.4) is 0 Å². The van der Waals surface area contributed by atoms with Crippen LogP contribution in [0.2, 0.25) is 0 Å². The number of carbonyl (C=O) groups is 1. The van der Waals surface area contributed by atoms with Gasteiger partial charge in [-0.05, 0) is 54.2 Å². The van der Waals surface area contributed by atoms with E-state index in [2.05, 4.69) is 82.7 Å². The van der Waals surface area contributed by atoms with E-state index in [0.29, 0.717) is 0 Å². The molecule has 2 atom stereocenters. The standard InChI is InChI=1S/C26H29N3O2S/c1-32-16-4-14-29(15-13-21-17-27-25-6-3-2-5-23(21)25)18-19-7-9-20(10-8-19)22-11-12-24(22)26(30)28-31/h2-3,5-10,17,22,24,27,31H,4,13-16,18H2,1H3,(H,28,30). The molecule has 2 unspecified atom stereocenters. The highest BCUT2D eigenvalue weighted by molar-refractivity contribution is 7.98. The number of aromatic amines is 1. The minimum Gasteiger partial charge on any atom is -0.361 e. The molecule has 0 aliphatic heterocycles. The molecule has 6 heteroatoms. The van der Waals surface area contributed by atoms with Crippen molar-refractivity contribution in [2.75, 3.05) is 25.1 Å². The van der Waals surface area contributed by atoms with Gasteiger partial charge < -0.3 is 4.98 Å². The van der Waals surface area contributed by atoms with Gasteiger partial charge in [0.05, 0.1) is 5.92 Å². The summed E-state index contributed by atoms with van der Waals surface area (Å²) in [5.74, 6) is 5.98. The number of para-hydroxylation sites is 1. The number of fused-ring (bicyclic) bond motifs is 1. The SMILES string of the molecule is CSCCCN(CCc1c[nH]c2ccccc12)Cc1ccc(C2C#CC2C(=O)NO)cc1. The summed E-state index contributed by atoms with van der Waals surface area (Å²) >= 11 is 1.89. The fourth-order valence-electron chi connectivity index (χ4n) is 4.22. The number of carbonyl (C=O) groups excluding carboxylic acids is 1. The van der Waals surface area contributed by atoms with E-state index < -0.39 is 11.8 Å². The van der Waals surface area contributed by atoms with Gasteiger partial charge in [-0.3, -0.25) is 14.9 Å². The lowest BCUT2D eigenvalue weighted by molar-refractivity contribution is -0.132. The molecule has 0 saturated heterocycles. The van der Waals surface area contributed by atoms with Crippen molar-refractivity contribution in [2.24, 2.45) is 5.92 Å². The molecule has 0 spiro atoms. The second-order valence-corrected chi connectivity index (χ2v) is 9.18. The number of hydroxylamine groups is 1. The number of thioether (sulfide) groups is 1. The van der Waals surface area contributed by atoms with Gasteiger partial charge in [-0.15, -0.1) is 0 Å². The number of hydrogen-bond donors (Lipinski definition) is 3. The fraction of sp³-hybridized carbons (Fsp3) is 0.346. The van der Waals surface area contributed by atoms with Crippen LogP contribution in [0.25, 0.3) is 10.9 Å². The van der Waals surface area contributed by atoms with E-state index in [9.17, 15) is 4.79 Å². The van der Waals surface area contributed by atoms with Crippen LogP contribution < -0.4 is 5.48 Å². The average molecular weight is 448 g/mol. The van der Waals surface area contributed by atoms with Crippen molar-refractivity contribution in [1.82, 2.24) is 15.4 Å². The normalized spacial score (nSPS) is 17.1. The van der Waals surface area contributed by atoms with Crippen molar-refractivity contribution in [2.45, 2.75) is 25.3 Å². The summed E-state index contributed by atoms with van der Waals surface area (Å²) in [6.45, 7) is 2.97. The number of nitrogens with one attached hydrogen (secondary N) is 2. The van der Waals surface area contributed by atoms with Gasteiger partial charge in [0.15, 0.2) is 0 Å². The van der Waals surface area contributed by atoms with Crippen LogP contribution in [0.1, 0.15) is 29.0 Å². The van der Waals surface area contributed by atoms with Gasteiger partial charge >= 0.3 is 0 Å². The molecule has 3 N–H and O–H groups in total. The van der Waals surface area contributed by atoms with E-state index in [-0.39, 0.29) is 5.92 Å². The molecule has 1 amide bonds. The van der Waals surface area contributed by atoms with Gasteiger partial charge in [0.25, 0.3) is 5.91 Å². The highest BCUT2D eigenvalue weighted by atomic mass is 32.2. The van der Waals surface area contributed by atoms with Crippen LogP contribution in [-0.2, 0) is 17.8 Å². The number of hydrogen-bond acceptors (Lipinski definition) is 4. The second-order valence-electron chi connectivity index (χ2n) is 8.19. The Morgan fingerprint density at radius 3 is 2.69 bits per heavy atom. The Bertz CT molecular complexity index is 1110. The van der Waals surface area contributed by atoms with Crippen LogP contribution in [0.15, 0.2) is 54.7 Å². The molecule has 4 rings (SSSR count). The Morgan fingerprint density at radius 2 is 1.97 bits per heavy atom.